The number of aromatic nitrogens is 1. The van der Waals surface area contributed by atoms with Crippen LogP contribution in [0.15, 0.2) is 22.8 Å². The molecule has 2 heterocycles. The van der Waals surface area contributed by atoms with Crippen LogP contribution in [0.3, 0.4) is 0 Å². The van der Waals surface area contributed by atoms with Crippen molar-refractivity contribution in [1.29, 1.82) is 0 Å². The largest absolute Gasteiger partial charge is 0.476 e. The average molecular weight is 238 g/mol. The monoisotopic (exact) mass is 238 g/mol. The van der Waals surface area contributed by atoms with Gasteiger partial charge in [0.25, 0.3) is 0 Å². The first-order valence-electron chi connectivity index (χ1n) is 4.55. The van der Waals surface area contributed by atoms with Crippen LogP contribution in [0.25, 0.3) is 10.6 Å². The smallest absolute Gasteiger partial charge is 0.356 e. The first kappa shape index (κ1) is 10.7. The number of carboxylic acids is 1. The lowest BCUT2D eigenvalue weighted by Crippen LogP contribution is -2.08. The van der Waals surface area contributed by atoms with Gasteiger partial charge in [0.2, 0.25) is 0 Å². The average Bonchev–Trinajstić information content (AvgIpc) is 2.86. The Morgan fingerprint density at radius 1 is 1.56 bits per heavy atom. The van der Waals surface area contributed by atoms with Crippen molar-refractivity contribution >= 4 is 22.4 Å². The van der Waals surface area contributed by atoms with Gasteiger partial charge in [0, 0.05) is 14.1 Å². The van der Waals surface area contributed by atoms with E-state index in [1.165, 1.54) is 17.6 Å². The molecule has 0 aromatic carbocycles. The molecule has 5 nitrogen and oxygen atoms in total. The van der Waals surface area contributed by atoms with Crippen LogP contribution in [0, 0.1) is 0 Å². The summed E-state index contributed by atoms with van der Waals surface area (Å²) in [5.74, 6) is -0.515. The zero-order valence-electron chi connectivity index (χ0n) is 8.80. The second-order valence-corrected chi connectivity index (χ2v) is 4.33. The predicted molar refractivity (Wildman–Crippen MR) is 61.1 cm³/mol. The van der Waals surface area contributed by atoms with Crippen molar-refractivity contribution in [2.75, 3.05) is 19.0 Å². The van der Waals surface area contributed by atoms with E-state index in [4.69, 9.17) is 9.52 Å². The second kappa shape index (κ2) is 3.97. The molecule has 0 fully saturated rings. The molecule has 0 aliphatic heterocycles. The second-order valence-electron chi connectivity index (χ2n) is 3.35. The third-order valence-corrected chi connectivity index (χ3v) is 3.18. The Kier molecular flexibility index (Phi) is 2.66. The highest BCUT2D eigenvalue weighted by Crippen LogP contribution is 2.34. The Balaban J connectivity index is 2.55. The summed E-state index contributed by atoms with van der Waals surface area (Å²) in [6, 6.07) is 3.44. The number of rotatable bonds is 3. The summed E-state index contributed by atoms with van der Waals surface area (Å²) in [7, 11) is 3.63. The van der Waals surface area contributed by atoms with Gasteiger partial charge in [-0.2, -0.15) is 0 Å². The lowest BCUT2D eigenvalue weighted by Gasteiger charge is -2.04. The molecule has 2 rings (SSSR count). The van der Waals surface area contributed by atoms with Crippen molar-refractivity contribution in [3.63, 3.8) is 0 Å². The number of aromatic carboxylic acids is 1. The van der Waals surface area contributed by atoms with E-state index in [9.17, 15) is 4.79 Å². The Morgan fingerprint density at radius 2 is 2.31 bits per heavy atom. The summed E-state index contributed by atoms with van der Waals surface area (Å²) < 4.78 is 5.19. The van der Waals surface area contributed by atoms with Crippen molar-refractivity contribution in [3.8, 4) is 10.6 Å². The zero-order chi connectivity index (χ0) is 11.7. The molecular formula is C10H10N2O3S. The highest BCUT2D eigenvalue weighted by atomic mass is 32.1. The van der Waals surface area contributed by atoms with E-state index in [-0.39, 0.29) is 5.69 Å². The highest BCUT2D eigenvalue weighted by Gasteiger charge is 2.21. The molecule has 2 aromatic rings. The van der Waals surface area contributed by atoms with E-state index in [1.54, 1.807) is 17.0 Å². The lowest BCUT2D eigenvalue weighted by molar-refractivity contribution is 0.0692. The standard InChI is InChI=1S/C10H10N2O3S/c1-12(2)10-11-7(9(13)14)8(16-10)6-4-3-5-15-6/h3-5H,1-2H3,(H,13,14). The van der Waals surface area contributed by atoms with Crippen LogP contribution in [0.5, 0.6) is 0 Å². The van der Waals surface area contributed by atoms with Gasteiger partial charge in [-0.3, -0.25) is 0 Å². The van der Waals surface area contributed by atoms with Gasteiger partial charge < -0.3 is 14.4 Å². The van der Waals surface area contributed by atoms with Gasteiger partial charge >= 0.3 is 5.97 Å². The normalized spacial score (nSPS) is 10.4. The summed E-state index contributed by atoms with van der Waals surface area (Å²) in [6.45, 7) is 0. The number of nitrogens with zero attached hydrogens (tertiary/aromatic N) is 2. The number of carbonyl (C=O) groups is 1. The fraction of sp³-hybridized carbons (Fsp3) is 0.200. The molecule has 84 valence electrons. The fourth-order valence-electron chi connectivity index (χ4n) is 1.22. The van der Waals surface area contributed by atoms with E-state index in [0.717, 1.165) is 0 Å². The summed E-state index contributed by atoms with van der Waals surface area (Å²) in [5.41, 5.74) is 0.0312. The minimum atomic E-state index is -1.05. The van der Waals surface area contributed by atoms with Crippen LogP contribution in [0.1, 0.15) is 10.5 Å². The van der Waals surface area contributed by atoms with E-state index in [2.05, 4.69) is 4.98 Å². The topological polar surface area (TPSA) is 66.6 Å². The van der Waals surface area contributed by atoms with Gasteiger partial charge in [-0.25, -0.2) is 9.78 Å². The predicted octanol–water partition coefficient (Wildman–Crippen LogP) is 2.17. The number of carboxylic acid groups (broad SMARTS) is 1. The molecule has 1 N–H and O–H groups in total. The van der Waals surface area contributed by atoms with Crippen molar-refractivity contribution in [2.45, 2.75) is 0 Å². The van der Waals surface area contributed by atoms with Crippen LogP contribution >= 0.6 is 11.3 Å². The molecule has 0 saturated heterocycles. The zero-order valence-corrected chi connectivity index (χ0v) is 9.61. The van der Waals surface area contributed by atoms with E-state index in [0.29, 0.717) is 15.8 Å². The van der Waals surface area contributed by atoms with E-state index in [1.807, 2.05) is 14.1 Å². The third-order valence-electron chi connectivity index (χ3n) is 1.95. The quantitative estimate of drug-likeness (QED) is 0.887. The number of hydrogen-bond acceptors (Lipinski definition) is 5. The molecule has 6 heteroatoms. The van der Waals surface area contributed by atoms with Crippen LogP contribution in [-0.4, -0.2) is 30.2 Å². The molecule has 0 unspecified atom stereocenters. The van der Waals surface area contributed by atoms with Gasteiger partial charge in [0.15, 0.2) is 10.8 Å². The number of thiazole rings is 1. The van der Waals surface area contributed by atoms with E-state index >= 15 is 0 Å². The number of furan rings is 1. The van der Waals surface area contributed by atoms with Crippen molar-refractivity contribution in [3.05, 3.63) is 24.1 Å². The number of anilines is 1. The SMILES string of the molecule is CN(C)c1nc(C(=O)O)c(-c2ccco2)s1. The van der Waals surface area contributed by atoms with Gasteiger partial charge in [0.05, 0.1) is 6.26 Å². The first-order valence-corrected chi connectivity index (χ1v) is 5.36. The van der Waals surface area contributed by atoms with Crippen LogP contribution in [-0.2, 0) is 0 Å². The Morgan fingerprint density at radius 3 is 2.81 bits per heavy atom. The molecule has 0 saturated carbocycles. The minimum Gasteiger partial charge on any atom is -0.476 e. The van der Waals surface area contributed by atoms with Gasteiger partial charge in [-0.15, -0.1) is 0 Å². The molecule has 0 radical (unpaired) electrons. The van der Waals surface area contributed by atoms with Gasteiger partial charge in [0.1, 0.15) is 10.6 Å². The Bertz CT molecular complexity index is 502. The minimum absolute atomic E-state index is 0.0312. The summed E-state index contributed by atoms with van der Waals surface area (Å²) in [6.07, 6.45) is 1.51. The molecule has 0 bridgehead atoms. The first-order chi connectivity index (χ1) is 7.59. The van der Waals surface area contributed by atoms with Crippen LogP contribution in [0.2, 0.25) is 0 Å². The molecule has 0 spiro atoms. The lowest BCUT2D eigenvalue weighted by atomic mass is 10.3. The maximum Gasteiger partial charge on any atom is 0.356 e. The number of hydrogen-bond donors (Lipinski definition) is 1. The van der Waals surface area contributed by atoms with Crippen LogP contribution < -0.4 is 4.90 Å². The van der Waals surface area contributed by atoms with Crippen molar-refractivity contribution < 1.29 is 14.3 Å². The van der Waals surface area contributed by atoms with E-state index < -0.39 is 5.97 Å². The third kappa shape index (κ3) is 1.79. The molecule has 0 atom stereocenters. The summed E-state index contributed by atoms with van der Waals surface area (Å²) in [4.78, 5) is 17.4. The van der Waals surface area contributed by atoms with Gasteiger partial charge in [-0.1, -0.05) is 11.3 Å². The summed E-state index contributed by atoms with van der Waals surface area (Å²) >= 11 is 1.29. The maximum atomic E-state index is 11.0. The fourth-order valence-corrected chi connectivity index (χ4v) is 2.17. The Labute approximate surface area is 96.0 Å². The van der Waals surface area contributed by atoms with Crippen LogP contribution in [0.4, 0.5) is 5.13 Å². The van der Waals surface area contributed by atoms with Crippen molar-refractivity contribution in [1.82, 2.24) is 4.98 Å². The Hall–Kier alpha value is -1.82. The molecule has 16 heavy (non-hydrogen) atoms. The highest BCUT2D eigenvalue weighted by molar-refractivity contribution is 7.19. The molecule has 2 aromatic heterocycles. The molecule has 0 aliphatic carbocycles. The molecule has 0 amide bonds. The van der Waals surface area contributed by atoms with Crippen molar-refractivity contribution in [2.24, 2.45) is 0 Å². The maximum absolute atomic E-state index is 11.0. The molecule has 0 aliphatic rings. The summed E-state index contributed by atoms with van der Waals surface area (Å²) in [5, 5.41) is 9.69. The molecular weight excluding hydrogens is 228 g/mol. The van der Waals surface area contributed by atoms with Gasteiger partial charge in [-0.05, 0) is 12.1 Å².